The summed E-state index contributed by atoms with van der Waals surface area (Å²) in [4.78, 5) is 7.71. The molecule has 0 spiro atoms. The van der Waals surface area contributed by atoms with Crippen LogP contribution in [0.25, 0.3) is 22.3 Å². The predicted molar refractivity (Wildman–Crippen MR) is 248 cm³/mol. The Kier molecular flexibility index (Phi) is 11.3. The minimum Gasteiger partial charge on any atom is -0.497 e. The normalized spacial score (nSPS) is 20.3. The van der Waals surface area contributed by atoms with Gasteiger partial charge in [-0.3, -0.25) is 0 Å². The zero-order valence-electron chi connectivity index (χ0n) is 37.0. The molecule has 9 rings (SSSR count). The van der Waals surface area contributed by atoms with Crippen molar-refractivity contribution in [2.75, 3.05) is 56.9 Å². The molecule has 3 aliphatic rings. The predicted octanol–water partition coefficient (Wildman–Crippen LogP) is 7.10. The summed E-state index contributed by atoms with van der Waals surface area (Å²) in [5.74, 6) is 5.31. The van der Waals surface area contributed by atoms with Crippen molar-refractivity contribution in [2.24, 2.45) is 0 Å². The molecule has 4 N–H and O–H groups in total. The van der Waals surface area contributed by atoms with Crippen molar-refractivity contribution < 1.29 is 37.9 Å². The van der Waals surface area contributed by atoms with Crippen molar-refractivity contribution in [3.8, 4) is 46.0 Å². The molecule has 12 heteroatoms. The lowest BCUT2D eigenvalue weighted by Crippen LogP contribution is -2.32. The molecule has 12 nitrogen and oxygen atoms in total. The van der Waals surface area contributed by atoms with Gasteiger partial charge in [-0.05, 0) is 107 Å². The molecule has 326 valence electrons. The van der Waals surface area contributed by atoms with Gasteiger partial charge in [-0.25, -0.2) is 0 Å². The van der Waals surface area contributed by atoms with Crippen LogP contribution in [0.15, 0.2) is 133 Å². The average Bonchev–Trinajstić information content (AvgIpc) is 4.19. The third-order valence-electron chi connectivity index (χ3n) is 11.8. The number of fused-ring (bicyclic) bond motifs is 8. The molecule has 0 amide bonds. The Morgan fingerprint density at radius 2 is 0.641 bits per heavy atom. The zero-order chi connectivity index (χ0) is 44.5. The minimum atomic E-state index is -0.306. The van der Waals surface area contributed by atoms with Crippen LogP contribution in [0.1, 0.15) is 33.6 Å². The second-order valence-corrected chi connectivity index (χ2v) is 15.3. The summed E-state index contributed by atoms with van der Waals surface area (Å²) in [6, 6.07) is 31.5. The smallest absolute Gasteiger partial charge is 0.123 e. The first kappa shape index (κ1) is 41.5. The van der Waals surface area contributed by atoms with Gasteiger partial charge in [-0.2, -0.15) is 0 Å². The Hall–Kier alpha value is -7.86. The van der Waals surface area contributed by atoms with Gasteiger partial charge in [-0.15, -0.1) is 0 Å². The number of aromatic amines is 2. The van der Waals surface area contributed by atoms with E-state index in [1.807, 2.05) is 72.8 Å². The molecular weight excluding hydrogens is 809 g/mol. The maximum Gasteiger partial charge on any atom is 0.123 e. The number of hydrogen-bond acceptors (Lipinski definition) is 10. The van der Waals surface area contributed by atoms with Crippen LogP contribution in [0.5, 0.6) is 46.0 Å². The van der Waals surface area contributed by atoms with Gasteiger partial charge in [0.1, 0.15) is 46.0 Å². The SMILES string of the molecule is COc1cc(OC)cc(/C2=C3\C=CC(N3)/C(c3cc(OC)cc(OC)c3)=c3/cc/c([nH]3)=C(\c3cc(OC)cc(OC)c3)C3C=C/C(=C(\c4cc(OC)cc(OC)c4)c4ccc2[nH]4)N3)c1. The highest BCUT2D eigenvalue weighted by Crippen LogP contribution is 2.40. The molecule has 2 atom stereocenters. The number of nitrogens with one attached hydrogen (secondary N) is 4. The number of hydrogen-bond donors (Lipinski definition) is 4. The largest absolute Gasteiger partial charge is 0.497 e. The Morgan fingerprint density at radius 3 is 0.938 bits per heavy atom. The van der Waals surface area contributed by atoms with Crippen molar-refractivity contribution in [3.05, 3.63) is 177 Å². The minimum absolute atomic E-state index is 0.306. The Morgan fingerprint density at radius 1 is 0.344 bits per heavy atom. The molecule has 5 heterocycles. The summed E-state index contributed by atoms with van der Waals surface area (Å²) in [6.45, 7) is 0. The topological polar surface area (TPSA) is 129 Å². The molecule has 3 aliphatic heterocycles. The molecule has 64 heavy (non-hydrogen) atoms. The summed E-state index contributed by atoms with van der Waals surface area (Å²) < 4.78 is 46.5. The summed E-state index contributed by atoms with van der Waals surface area (Å²) in [5, 5.41) is 9.61. The van der Waals surface area contributed by atoms with Gasteiger partial charge >= 0.3 is 0 Å². The number of methoxy groups -OCH3 is 8. The fourth-order valence-corrected chi connectivity index (χ4v) is 8.70. The van der Waals surface area contributed by atoms with E-state index in [9.17, 15) is 0 Å². The summed E-state index contributed by atoms with van der Waals surface area (Å²) in [6.07, 6.45) is 8.61. The van der Waals surface area contributed by atoms with Crippen LogP contribution in [-0.4, -0.2) is 78.9 Å². The van der Waals surface area contributed by atoms with E-state index in [1.54, 1.807) is 56.9 Å². The summed E-state index contributed by atoms with van der Waals surface area (Å²) in [7, 11) is 13.3. The van der Waals surface area contributed by atoms with Crippen molar-refractivity contribution in [1.82, 2.24) is 20.6 Å². The van der Waals surface area contributed by atoms with E-state index in [0.717, 1.165) is 78.0 Å². The molecule has 0 saturated carbocycles. The van der Waals surface area contributed by atoms with Crippen LogP contribution in [0, 0.1) is 0 Å². The third-order valence-corrected chi connectivity index (χ3v) is 11.8. The number of benzene rings is 4. The van der Waals surface area contributed by atoms with Crippen molar-refractivity contribution in [1.29, 1.82) is 0 Å². The van der Waals surface area contributed by atoms with Gasteiger partial charge in [0.15, 0.2) is 0 Å². The zero-order valence-corrected chi connectivity index (χ0v) is 37.0. The van der Waals surface area contributed by atoms with Gasteiger partial charge in [0.05, 0.1) is 69.0 Å². The van der Waals surface area contributed by atoms with E-state index in [-0.39, 0.29) is 12.1 Å². The Balaban J connectivity index is 1.39. The van der Waals surface area contributed by atoms with E-state index < -0.39 is 0 Å². The summed E-state index contributed by atoms with van der Waals surface area (Å²) >= 11 is 0. The highest BCUT2D eigenvalue weighted by molar-refractivity contribution is 5.89. The highest BCUT2D eigenvalue weighted by atomic mass is 16.5. The molecule has 0 aliphatic carbocycles. The molecule has 2 unspecified atom stereocenters. The Bertz CT molecular complexity index is 2740. The first-order valence-electron chi connectivity index (χ1n) is 20.7. The number of aromatic nitrogens is 2. The maximum absolute atomic E-state index is 5.81. The van der Waals surface area contributed by atoms with E-state index >= 15 is 0 Å². The molecular formula is C52H50N4O8. The van der Waals surface area contributed by atoms with Crippen LogP contribution in [0.4, 0.5) is 0 Å². The third kappa shape index (κ3) is 7.78. The number of H-pyrrole nitrogens is 2. The number of allylic oxidation sites excluding steroid dienone is 2. The fraction of sp³-hybridized carbons (Fsp3) is 0.192. The molecule has 2 aromatic heterocycles. The first-order valence-corrected chi connectivity index (χ1v) is 20.7. The average molecular weight is 859 g/mol. The van der Waals surface area contributed by atoms with Gasteiger partial charge in [-0.1, -0.05) is 12.2 Å². The monoisotopic (exact) mass is 858 g/mol. The lowest BCUT2D eigenvalue weighted by Gasteiger charge is -2.21. The molecule has 4 aromatic carbocycles. The second kappa shape index (κ2) is 17.5. The van der Waals surface area contributed by atoms with Crippen LogP contribution < -0.4 is 59.2 Å². The summed E-state index contributed by atoms with van der Waals surface area (Å²) in [5.41, 5.74) is 10.8. The number of ether oxygens (including phenoxy) is 8. The van der Waals surface area contributed by atoms with Crippen LogP contribution in [0.3, 0.4) is 0 Å². The van der Waals surface area contributed by atoms with E-state index in [0.29, 0.717) is 46.0 Å². The van der Waals surface area contributed by atoms with Gasteiger partial charge in [0.2, 0.25) is 0 Å². The van der Waals surface area contributed by atoms with E-state index in [4.69, 9.17) is 37.9 Å². The lowest BCUT2D eigenvalue weighted by atomic mass is 9.97. The molecule has 6 aromatic rings. The highest BCUT2D eigenvalue weighted by Gasteiger charge is 2.29. The standard InChI is InChI=1S/C52H50N4O8/c1-57-33-17-29(18-34(25-33)58-2)49-41-9-11-43(53-41)50(30-19-35(59-3)26-36(20-30)60-4)45-13-15-47(55-45)52(32-23-39(63-7)28-40(24-32)64-8)48-16-14-46(56-48)51(44-12-10-42(49)54-44)31-21-37(61-5)27-38(22-31)62-6/h9-28,41,46,53-56H,1-8H3/b49-42-,50-43-,51-44-,52-48-. The fourth-order valence-electron chi connectivity index (χ4n) is 8.70. The maximum atomic E-state index is 5.81. The first-order chi connectivity index (χ1) is 31.3. The van der Waals surface area contributed by atoms with E-state index in [2.05, 4.69) is 69.2 Å². The molecule has 8 bridgehead atoms. The van der Waals surface area contributed by atoms with Gasteiger partial charge < -0.3 is 58.5 Å². The van der Waals surface area contributed by atoms with E-state index in [1.165, 1.54) is 0 Å². The Labute approximate surface area is 371 Å². The van der Waals surface area contributed by atoms with Crippen LogP contribution >= 0.6 is 0 Å². The second-order valence-electron chi connectivity index (χ2n) is 15.3. The van der Waals surface area contributed by atoms with Crippen LogP contribution in [0.2, 0.25) is 0 Å². The lowest BCUT2D eigenvalue weighted by molar-refractivity contribution is 0.394. The quantitative estimate of drug-likeness (QED) is 0.101. The van der Waals surface area contributed by atoms with Crippen LogP contribution in [-0.2, 0) is 0 Å². The van der Waals surface area contributed by atoms with Crippen molar-refractivity contribution >= 4 is 22.3 Å². The van der Waals surface area contributed by atoms with Gasteiger partial charge in [0.25, 0.3) is 0 Å². The van der Waals surface area contributed by atoms with Crippen molar-refractivity contribution in [3.63, 3.8) is 0 Å². The molecule has 0 saturated heterocycles. The number of rotatable bonds is 12. The van der Waals surface area contributed by atoms with Gasteiger partial charge in [0, 0.05) is 80.0 Å². The molecule has 0 fully saturated rings. The molecule has 0 radical (unpaired) electrons. The van der Waals surface area contributed by atoms with Crippen molar-refractivity contribution in [2.45, 2.75) is 12.1 Å².